The lowest BCUT2D eigenvalue weighted by atomic mass is 9.95. The average Bonchev–Trinajstić information content (AvgIpc) is 3.74. The van der Waals surface area contributed by atoms with E-state index in [9.17, 15) is 5.11 Å². The molecule has 0 amide bonds. The minimum Gasteiger partial charge on any atom is -0.461 e. The predicted molar refractivity (Wildman–Crippen MR) is 166 cm³/mol. The van der Waals surface area contributed by atoms with Crippen LogP contribution in [0.5, 0.6) is 6.01 Å². The van der Waals surface area contributed by atoms with Gasteiger partial charge >= 0.3 is 6.01 Å². The Morgan fingerprint density at radius 3 is 2.86 bits per heavy atom. The van der Waals surface area contributed by atoms with Crippen molar-refractivity contribution in [2.24, 2.45) is 5.92 Å². The summed E-state index contributed by atoms with van der Waals surface area (Å²) in [7, 11) is 0. The van der Waals surface area contributed by atoms with Crippen molar-refractivity contribution >= 4 is 39.2 Å². The molecule has 8 heterocycles. The smallest absolute Gasteiger partial charge is 0.319 e. The van der Waals surface area contributed by atoms with E-state index in [0.29, 0.717) is 73.1 Å². The third kappa shape index (κ3) is 4.81. The lowest BCUT2D eigenvalue weighted by molar-refractivity contribution is 0.0691. The number of pyridine rings is 1. The van der Waals surface area contributed by atoms with E-state index in [1.54, 1.807) is 12.4 Å². The van der Waals surface area contributed by atoms with Crippen LogP contribution < -0.4 is 9.64 Å². The Labute approximate surface area is 259 Å². The van der Waals surface area contributed by atoms with Gasteiger partial charge in [-0.15, -0.1) is 0 Å². The molecule has 0 radical (unpaired) electrons. The molecule has 6 bridgehead atoms. The first kappa shape index (κ1) is 28.1. The van der Waals surface area contributed by atoms with Crippen LogP contribution in [0.4, 0.5) is 10.2 Å². The monoisotopic (exact) mass is 619 g/mol. The number of ether oxygens (including phenoxy) is 2. The number of aromatic nitrogens is 5. The van der Waals surface area contributed by atoms with Crippen molar-refractivity contribution in [3.63, 3.8) is 0 Å². The molecule has 5 aliphatic rings. The third-order valence-electron chi connectivity index (χ3n) is 9.83. The molecule has 0 spiro atoms. The van der Waals surface area contributed by atoms with Crippen LogP contribution in [0.1, 0.15) is 37.7 Å². The number of nitrogens with zero attached hydrogens (tertiary/aromatic N) is 6. The van der Waals surface area contributed by atoms with Gasteiger partial charge in [-0.2, -0.15) is 15.1 Å². The van der Waals surface area contributed by atoms with Crippen LogP contribution in [0.2, 0.25) is 5.02 Å². The largest absolute Gasteiger partial charge is 0.461 e. The van der Waals surface area contributed by atoms with Crippen LogP contribution in [0, 0.1) is 11.7 Å². The maximum Gasteiger partial charge on any atom is 0.319 e. The minimum atomic E-state index is -0.578. The molecule has 5 aliphatic heterocycles. The Kier molecular flexibility index (Phi) is 7.16. The Morgan fingerprint density at radius 1 is 1.14 bits per heavy atom. The number of aliphatic hydroxyl groups excluding tert-OH is 1. The number of benzene rings is 1. The number of piperidine rings is 1. The van der Waals surface area contributed by atoms with Gasteiger partial charge in [0.1, 0.15) is 23.6 Å². The molecule has 2 unspecified atom stereocenters. The summed E-state index contributed by atoms with van der Waals surface area (Å²) in [6.45, 7) is 4.46. The van der Waals surface area contributed by atoms with Gasteiger partial charge in [-0.3, -0.25) is 15.0 Å². The van der Waals surface area contributed by atoms with E-state index < -0.39 is 11.9 Å². The van der Waals surface area contributed by atoms with Crippen LogP contribution >= 0.6 is 11.6 Å². The van der Waals surface area contributed by atoms with E-state index in [2.05, 4.69) is 25.1 Å². The molecule has 0 aliphatic carbocycles. The second kappa shape index (κ2) is 11.2. The molecule has 3 aromatic heterocycles. The molecule has 44 heavy (non-hydrogen) atoms. The summed E-state index contributed by atoms with van der Waals surface area (Å²) in [4.78, 5) is 18.7. The van der Waals surface area contributed by atoms with Crippen molar-refractivity contribution in [2.75, 3.05) is 50.9 Å². The van der Waals surface area contributed by atoms with Gasteiger partial charge in [0, 0.05) is 41.2 Å². The van der Waals surface area contributed by atoms with Gasteiger partial charge in [0.05, 0.1) is 42.0 Å². The maximum absolute atomic E-state index is 16.9. The summed E-state index contributed by atoms with van der Waals surface area (Å²) in [6.07, 6.45) is 12.1. The number of aliphatic hydroxyl groups is 1. The minimum absolute atomic E-state index is 0.0198. The van der Waals surface area contributed by atoms with Crippen molar-refractivity contribution in [1.82, 2.24) is 30.0 Å². The number of rotatable bonds is 3. The quantitative estimate of drug-likeness (QED) is 0.316. The molecular weight excluding hydrogens is 585 g/mol. The zero-order valence-electron chi connectivity index (χ0n) is 24.4. The number of nitrogens with one attached hydrogen (secondary N) is 1. The second-order valence-corrected chi connectivity index (χ2v) is 13.0. The molecule has 12 heteroatoms. The topological polar surface area (TPSA) is 113 Å². The van der Waals surface area contributed by atoms with Gasteiger partial charge in [-0.05, 0) is 63.2 Å². The van der Waals surface area contributed by atoms with Gasteiger partial charge in [0.15, 0.2) is 5.82 Å². The zero-order valence-corrected chi connectivity index (χ0v) is 25.2. The molecule has 230 valence electrons. The van der Waals surface area contributed by atoms with E-state index in [1.807, 2.05) is 23.1 Å². The molecular formula is C32H35ClFN7O3. The first-order valence-electron chi connectivity index (χ1n) is 15.5. The lowest BCUT2D eigenvalue weighted by Crippen LogP contribution is -2.45. The molecule has 4 aromatic rings. The van der Waals surface area contributed by atoms with Crippen LogP contribution in [0.25, 0.3) is 33.1 Å². The van der Waals surface area contributed by atoms with E-state index in [1.165, 1.54) is 0 Å². The molecule has 3 saturated heterocycles. The van der Waals surface area contributed by atoms with Crippen molar-refractivity contribution in [3.05, 3.63) is 47.0 Å². The van der Waals surface area contributed by atoms with E-state index in [-0.39, 0.29) is 28.7 Å². The SMILES string of the molecule is OC1CC2COC/C=C/Cc3c(Cl)cc4[nH]ncc4c3-c3ncc4c(nc(OCC56CCCN5CCC6)nc4c3F)N(C1)C2. The van der Waals surface area contributed by atoms with Gasteiger partial charge in [-0.1, -0.05) is 23.8 Å². The Balaban J connectivity index is 1.31. The summed E-state index contributed by atoms with van der Waals surface area (Å²) in [5.41, 5.74) is 2.25. The van der Waals surface area contributed by atoms with Gasteiger partial charge in [0.25, 0.3) is 0 Å². The number of hydrogen-bond donors (Lipinski definition) is 2. The van der Waals surface area contributed by atoms with Crippen molar-refractivity contribution in [1.29, 1.82) is 0 Å². The summed E-state index contributed by atoms with van der Waals surface area (Å²) >= 11 is 6.79. The maximum atomic E-state index is 16.9. The number of halogens is 2. The summed E-state index contributed by atoms with van der Waals surface area (Å²) < 4.78 is 29.3. The predicted octanol–water partition coefficient (Wildman–Crippen LogP) is 4.68. The fourth-order valence-electron chi connectivity index (χ4n) is 7.77. The molecule has 2 N–H and O–H groups in total. The van der Waals surface area contributed by atoms with Crippen LogP contribution in [0.3, 0.4) is 0 Å². The fraction of sp³-hybridized carbons (Fsp3) is 0.500. The molecule has 0 saturated carbocycles. The summed E-state index contributed by atoms with van der Waals surface area (Å²) in [5.74, 6) is 0.00297. The highest BCUT2D eigenvalue weighted by Crippen LogP contribution is 2.41. The standard InChI is InChI=1S/C32H35ClFN7O3/c33-24-12-25-22(14-36-39-25)26-21(24)5-1-2-10-43-17-19-11-20(42)16-40(15-19)30-23-13-35-29(26)27(34)28(23)37-31(38-30)44-18-32-6-3-8-41(32)9-4-7-32/h1-2,12-14,19-20,42H,3-11,15-18H2,(H,36,39)/b2-1+. The molecule has 10 nitrogen and oxygen atoms in total. The number of anilines is 1. The first-order valence-corrected chi connectivity index (χ1v) is 15.9. The fourth-order valence-corrected chi connectivity index (χ4v) is 8.05. The Morgan fingerprint density at radius 2 is 2.00 bits per heavy atom. The zero-order chi connectivity index (χ0) is 29.8. The van der Waals surface area contributed by atoms with Gasteiger partial charge in [0.2, 0.25) is 0 Å². The van der Waals surface area contributed by atoms with Crippen molar-refractivity contribution in [3.8, 4) is 17.3 Å². The highest BCUT2D eigenvalue weighted by Gasteiger charge is 2.45. The van der Waals surface area contributed by atoms with E-state index in [0.717, 1.165) is 49.7 Å². The second-order valence-electron chi connectivity index (χ2n) is 12.6. The molecule has 3 fully saturated rings. The van der Waals surface area contributed by atoms with Crippen molar-refractivity contribution in [2.45, 2.75) is 50.2 Å². The number of hydrogen-bond acceptors (Lipinski definition) is 9. The molecule has 2 atom stereocenters. The molecule has 9 rings (SSSR count). The number of H-pyrrole nitrogens is 1. The number of aromatic amines is 1. The average molecular weight is 620 g/mol. The van der Waals surface area contributed by atoms with Crippen LogP contribution in [-0.4, -0.2) is 92.8 Å². The first-order chi connectivity index (χ1) is 21.5. The van der Waals surface area contributed by atoms with Crippen LogP contribution in [0.15, 0.2) is 30.6 Å². The summed E-state index contributed by atoms with van der Waals surface area (Å²) in [6, 6.07) is 1.94. The van der Waals surface area contributed by atoms with Crippen molar-refractivity contribution < 1.29 is 19.0 Å². The third-order valence-corrected chi connectivity index (χ3v) is 10.2. The highest BCUT2D eigenvalue weighted by atomic mass is 35.5. The van der Waals surface area contributed by atoms with Crippen LogP contribution in [-0.2, 0) is 11.2 Å². The van der Waals surface area contributed by atoms with Gasteiger partial charge in [-0.25, -0.2) is 4.39 Å². The normalized spacial score (nSPS) is 24.3. The lowest BCUT2D eigenvalue weighted by Gasteiger charge is -2.37. The highest BCUT2D eigenvalue weighted by molar-refractivity contribution is 6.33. The Bertz CT molecular complexity index is 1750. The molecule has 1 aromatic carbocycles. The number of fused-ring (bicyclic) bond motifs is 7. The van der Waals surface area contributed by atoms with Gasteiger partial charge < -0.3 is 19.5 Å². The number of allylic oxidation sites excluding steroid dienone is 1. The summed E-state index contributed by atoms with van der Waals surface area (Å²) in [5, 5.41) is 19.7. The van der Waals surface area contributed by atoms with E-state index >= 15 is 4.39 Å². The Hall–Kier alpha value is -3.38. The van der Waals surface area contributed by atoms with E-state index in [4.69, 9.17) is 26.1 Å².